The van der Waals surface area contributed by atoms with Gasteiger partial charge in [0.2, 0.25) is 10.0 Å². The predicted octanol–water partition coefficient (Wildman–Crippen LogP) is 1.09. The van der Waals surface area contributed by atoms with Crippen molar-refractivity contribution in [3.63, 3.8) is 0 Å². The Morgan fingerprint density at radius 1 is 1.03 bits per heavy atom. The van der Waals surface area contributed by atoms with E-state index in [4.69, 9.17) is 0 Å². The molecule has 0 bridgehead atoms. The van der Waals surface area contributed by atoms with E-state index in [0.717, 1.165) is 38.2 Å². The maximum Gasteiger partial charge on any atom is 0.269 e. The molecule has 1 unspecified atom stereocenters. The van der Waals surface area contributed by atoms with Gasteiger partial charge in [0.05, 0.1) is 24.1 Å². The zero-order valence-electron chi connectivity index (χ0n) is 16.4. The van der Waals surface area contributed by atoms with Crippen LogP contribution in [-0.2, 0) is 16.6 Å². The molecular weight excluding hydrogens is 392 g/mol. The Morgan fingerprint density at radius 3 is 2.55 bits per heavy atom. The number of nitrogens with zero attached hydrogens (tertiary/aromatic N) is 6. The summed E-state index contributed by atoms with van der Waals surface area (Å²) in [4.78, 5) is 15.0. The van der Waals surface area contributed by atoms with Gasteiger partial charge in [0, 0.05) is 45.0 Å². The van der Waals surface area contributed by atoms with Crippen LogP contribution < -0.4 is 10.5 Å². The fourth-order valence-electron chi connectivity index (χ4n) is 4.06. The minimum Gasteiger partial charge on any atom is -0.370 e. The molecule has 9 nitrogen and oxygen atoms in total. The number of aromatic nitrogens is 4. The Hall–Kier alpha value is -2.20. The lowest BCUT2D eigenvalue weighted by Crippen LogP contribution is -2.44. The van der Waals surface area contributed by atoms with Crippen LogP contribution in [-0.4, -0.2) is 58.5 Å². The average molecular weight is 419 g/mol. The molecule has 10 heteroatoms. The van der Waals surface area contributed by atoms with Gasteiger partial charge in [0.15, 0.2) is 0 Å². The molecule has 2 aromatic heterocycles. The fraction of sp³-hybridized carbons (Fsp3) is 0.632. The number of piperidine rings is 1. The van der Waals surface area contributed by atoms with E-state index in [0.29, 0.717) is 18.9 Å². The highest BCUT2D eigenvalue weighted by atomic mass is 32.2. The summed E-state index contributed by atoms with van der Waals surface area (Å²) in [6.45, 7) is 3.39. The van der Waals surface area contributed by atoms with E-state index in [9.17, 15) is 13.2 Å². The summed E-state index contributed by atoms with van der Waals surface area (Å²) in [6, 6.07) is 1.36. The molecule has 3 aliphatic rings. The summed E-state index contributed by atoms with van der Waals surface area (Å²) in [6.07, 6.45) is 9.73. The van der Waals surface area contributed by atoms with Gasteiger partial charge in [-0.05, 0) is 38.0 Å². The first kappa shape index (κ1) is 18.8. The monoisotopic (exact) mass is 418 g/mol. The maximum atomic E-state index is 13.1. The second kappa shape index (κ2) is 7.24. The van der Waals surface area contributed by atoms with Gasteiger partial charge in [-0.25, -0.2) is 13.1 Å². The molecule has 1 aliphatic carbocycles. The Morgan fingerprint density at radius 2 is 1.86 bits per heavy atom. The van der Waals surface area contributed by atoms with Crippen LogP contribution in [0.3, 0.4) is 0 Å². The molecule has 4 heterocycles. The van der Waals surface area contributed by atoms with Gasteiger partial charge in [-0.1, -0.05) is 0 Å². The van der Waals surface area contributed by atoms with E-state index in [1.54, 1.807) is 23.1 Å². The highest BCUT2D eigenvalue weighted by Gasteiger charge is 2.33. The van der Waals surface area contributed by atoms with Crippen LogP contribution in [0.4, 0.5) is 5.69 Å². The minimum atomic E-state index is -3.63. The molecule has 3 fully saturated rings. The molecule has 1 saturated carbocycles. The predicted molar refractivity (Wildman–Crippen MR) is 107 cm³/mol. The molecule has 29 heavy (non-hydrogen) atoms. The summed E-state index contributed by atoms with van der Waals surface area (Å²) in [5, 5.41) is 8.59. The normalized spacial score (nSPS) is 23.2. The summed E-state index contributed by atoms with van der Waals surface area (Å²) in [7, 11) is -3.63. The first-order valence-electron chi connectivity index (χ1n) is 10.4. The van der Waals surface area contributed by atoms with Gasteiger partial charge in [0.1, 0.15) is 4.90 Å². The lowest BCUT2D eigenvalue weighted by Gasteiger charge is -2.34. The topological polar surface area (TPSA) is 93.3 Å². The van der Waals surface area contributed by atoms with Crippen LogP contribution in [0.25, 0.3) is 0 Å². The van der Waals surface area contributed by atoms with Crippen LogP contribution in [0.15, 0.2) is 34.3 Å². The van der Waals surface area contributed by atoms with Gasteiger partial charge in [0.25, 0.3) is 5.56 Å². The number of sulfonamides is 1. The molecule has 0 aromatic carbocycles. The van der Waals surface area contributed by atoms with Crippen LogP contribution in [0.1, 0.15) is 38.1 Å². The average Bonchev–Trinajstić information content (AvgIpc) is 3.34. The van der Waals surface area contributed by atoms with Crippen molar-refractivity contribution >= 4 is 15.7 Å². The molecule has 156 valence electrons. The highest BCUT2D eigenvalue weighted by Crippen LogP contribution is 2.31. The zero-order valence-corrected chi connectivity index (χ0v) is 17.2. The number of rotatable bonds is 6. The molecular formula is C19H26N6O3S. The minimum absolute atomic E-state index is 0.170. The van der Waals surface area contributed by atoms with Crippen molar-refractivity contribution in [2.45, 2.75) is 49.6 Å². The zero-order chi connectivity index (χ0) is 20.0. The van der Waals surface area contributed by atoms with E-state index in [1.807, 2.05) is 0 Å². The lowest BCUT2D eigenvalue weighted by atomic mass is 10.1. The number of anilines is 1. The first-order valence-corrected chi connectivity index (χ1v) is 11.8. The summed E-state index contributed by atoms with van der Waals surface area (Å²) >= 11 is 0. The Labute approximate surface area is 170 Å². The van der Waals surface area contributed by atoms with Crippen molar-refractivity contribution in [3.05, 3.63) is 35.0 Å². The van der Waals surface area contributed by atoms with Gasteiger partial charge in [-0.2, -0.15) is 14.5 Å². The highest BCUT2D eigenvalue weighted by molar-refractivity contribution is 7.89. The Bertz CT molecular complexity index is 1050. The van der Waals surface area contributed by atoms with Crippen LogP contribution in [0.5, 0.6) is 0 Å². The van der Waals surface area contributed by atoms with Gasteiger partial charge >= 0.3 is 0 Å². The molecule has 0 N–H and O–H groups in total. The second-order valence-corrected chi connectivity index (χ2v) is 10.3. The van der Waals surface area contributed by atoms with E-state index in [1.165, 1.54) is 28.0 Å². The maximum absolute atomic E-state index is 13.1. The summed E-state index contributed by atoms with van der Waals surface area (Å²) in [5.74, 6) is 0.627. The van der Waals surface area contributed by atoms with Gasteiger partial charge < -0.3 is 4.90 Å². The van der Waals surface area contributed by atoms with Crippen molar-refractivity contribution in [1.29, 1.82) is 0 Å². The van der Waals surface area contributed by atoms with Crippen molar-refractivity contribution < 1.29 is 8.42 Å². The standard InChI is InChI=1S/C19H26N6O3S/c26-19-9-17(22-6-2-7-22)10-21-25(19)16-3-1-8-24(13-16)29(27,28)18-11-20-23(14-18)12-15-4-5-15/h9-11,14-16H,1-8,12-13H2. The van der Waals surface area contributed by atoms with Crippen molar-refractivity contribution in [2.75, 3.05) is 31.1 Å². The van der Waals surface area contributed by atoms with Crippen LogP contribution >= 0.6 is 0 Å². The van der Waals surface area contributed by atoms with Crippen molar-refractivity contribution in [1.82, 2.24) is 23.9 Å². The van der Waals surface area contributed by atoms with Crippen molar-refractivity contribution in [3.8, 4) is 0 Å². The fourth-order valence-corrected chi connectivity index (χ4v) is 5.53. The van der Waals surface area contributed by atoms with E-state index >= 15 is 0 Å². The number of hydrogen-bond donors (Lipinski definition) is 0. The quantitative estimate of drug-likeness (QED) is 0.697. The van der Waals surface area contributed by atoms with E-state index < -0.39 is 10.0 Å². The Balaban J connectivity index is 1.33. The summed E-state index contributed by atoms with van der Waals surface area (Å²) < 4.78 is 30.9. The van der Waals surface area contributed by atoms with Gasteiger partial charge in [-0.15, -0.1) is 0 Å². The third-order valence-electron chi connectivity index (χ3n) is 6.13. The second-order valence-electron chi connectivity index (χ2n) is 8.34. The summed E-state index contributed by atoms with van der Waals surface area (Å²) in [5.41, 5.74) is 0.678. The van der Waals surface area contributed by atoms with Crippen LogP contribution in [0.2, 0.25) is 0 Å². The molecule has 2 saturated heterocycles. The molecule has 0 spiro atoms. The van der Waals surface area contributed by atoms with Gasteiger partial charge in [-0.3, -0.25) is 9.48 Å². The van der Waals surface area contributed by atoms with E-state index in [2.05, 4.69) is 15.1 Å². The largest absolute Gasteiger partial charge is 0.370 e. The molecule has 2 aliphatic heterocycles. The smallest absolute Gasteiger partial charge is 0.269 e. The molecule has 1 atom stereocenters. The third-order valence-corrected chi connectivity index (χ3v) is 7.95. The SMILES string of the molecule is O=c1cc(N2CCC2)cnn1C1CCCN(S(=O)(=O)c2cnn(CC3CC3)c2)C1. The Kier molecular flexibility index (Phi) is 4.70. The number of hydrogen-bond acceptors (Lipinski definition) is 6. The molecule has 2 aromatic rings. The van der Waals surface area contributed by atoms with Crippen LogP contribution in [0, 0.1) is 5.92 Å². The van der Waals surface area contributed by atoms with E-state index in [-0.39, 0.29) is 23.0 Å². The molecule has 5 rings (SSSR count). The molecule has 0 radical (unpaired) electrons. The molecule has 0 amide bonds. The van der Waals surface area contributed by atoms with Crippen molar-refractivity contribution in [2.24, 2.45) is 5.92 Å². The lowest BCUT2D eigenvalue weighted by molar-refractivity contribution is 0.247. The third kappa shape index (κ3) is 3.71. The first-order chi connectivity index (χ1) is 14.0.